The molecule has 3 aromatic carbocycles. The van der Waals surface area contributed by atoms with Gasteiger partial charge in [-0.1, -0.05) is 46.3 Å². The number of halogens is 1. The van der Waals surface area contributed by atoms with Crippen molar-refractivity contribution in [2.75, 3.05) is 32.8 Å². The van der Waals surface area contributed by atoms with Crippen molar-refractivity contribution in [3.05, 3.63) is 94.5 Å². The Hall–Kier alpha value is -3.58. The predicted octanol–water partition coefficient (Wildman–Crippen LogP) is 3.51. The third kappa shape index (κ3) is 9.76. The Morgan fingerprint density at radius 1 is 1.02 bits per heavy atom. The number of nitrogens with zero attached hydrogens (tertiary/aromatic N) is 2. The molecule has 2 amide bonds. The van der Waals surface area contributed by atoms with E-state index in [1.807, 2.05) is 30.3 Å². The maximum absolute atomic E-state index is 13.4. The molecule has 0 saturated carbocycles. The zero-order chi connectivity index (χ0) is 29.8. The molecule has 0 unspecified atom stereocenters. The summed E-state index contributed by atoms with van der Waals surface area (Å²) in [4.78, 5) is 24.8. The molecular formula is C30H33BrN4O6S. The lowest BCUT2D eigenvalue weighted by Gasteiger charge is -2.21. The lowest BCUT2D eigenvalue weighted by Crippen LogP contribution is -2.40. The van der Waals surface area contributed by atoms with Crippen molar-refractivity contribution in [2.24, 2.45) is 5.10 Å². The van der Waals surface area contributed by atoms with Gasteiger partial charge in [-0.05, 0) is 78.9 Å². The molecule has 3 aromatic rings. The van der Waals surface area contributed by atoms with E-state index < -0.39 is 22.5 Å². The van der Waals surface area contributed by atoms with Crippen LogP contribution >= 0.6 is 15.9 Å². The first kappa shape index (κ1) is 31.4. The number of hydrazone groups is 1. The highest BCUT2D eigenvalue weighted by atomic mass is 79.9. The van der Waals surface area contributed by atoms with Gasteiger partial charge in [0.1, 0.15) is 5.75 Å². The zero-order valence-corrected chi connectivity index (χ0v) is 25.3. The van der Waals surface area contributed by atoms with Crippen LogP contribution in [0.3, 0.4) is 0 Å². The number of rotatable bonds is 14. The summed E-state index contributed by atoms with van der Waals surface area (Å²) in [7, 11) is -3.93. The summed E-state index contributed by atoms with van der Waals surface area (Å²) in [6.07, 6.45) is 3.91. The van der Waals surface area contributed by atoms with E-state index in [0.717, 1.165) is 33.8 Å². The third-order valence-corrected chi connectivity index (χ3v) is 8.86. The van der Waals surface area contributed by atoms with Crippen molar-refractivity contribution < 1.29 is 27.5 Å². The van der Waals surface area contributed by atoms with Crippen LogP contribution in [-0.4, -0.2) is 69.7 Å². The van der Waals surface area contributed by atoms with Crippen LogP contribution in [0.25, 0.3) is 0 Å². The lowest BCUT2D eigenvalue weighted by atomic mass is 10.1. The minimum absolute atomic E-state index is 0.0706. The van der Waals surface area contributed by atoms with E-state index in [9.17, 15) is 18.0 Å². The molecule has 2 N–H and O–H groups in total. The Balaban J connectivity index is 1.29. The fraction of sp³-hybridized carbons (Fsp3) is 0.300. The molecule has 0 bridgehead atoms. The van der Waals surface area contributed by atoms with Crippen molar-refractivity contribution in [1.29, 1.82) is 0 Å². The number of amides is 2. The Kier molecular flexibility index (Phi) is 11.6. The molecule has 0 spiro atoms. The summed E-state index contributed by atoms with van der Waals surface area (Å²) < 4.78 is 39.6. The smallest absolute Gasteiger partial charge is 0.258 e. The monoisotopic (exact) mass is 656 g/mol. The molecule has 1 atom stereocenters. The molecule has 10 nitrogen and oxygen atoms in total. The van der Waals surface area contributed by atoms with Gasteiger partial charge in [0.05, 0.1) is 23.8 Å². The second-order valence-electron chi connectivity index (χ2n) is 9.62. The van der Waals surface area contributed by atoms with Gasteiger partial charge < -0.3 is 14.8 Å². The van der Waals surface area contributed by atoms with Gasteiger partial charge in [-0.25, -0.2) is 13.8 Å². The molecule has 1 aliphatic rings. The van der Waals surface area contributed by atoms with E-state index in [1.165, 1.54) is 18.3 Å². The highest BCUT2D eigenvalue weighted by Crippen LogP contribution is 2.19. The molecule has 4 rings (SSSR count). The largest absolute Gasteiger partial charge is 0.484 e. The predicted molar refractivity (Wildman–Crippen MR) is 163 cm³/mol. The first-order valence-corrected chi connectivity index (χ1v) is 15.8. The summed E-state index contributed by atoms with van der Waals surface area (Å²) in [5.74, 6) is -0.288. The van der Waals surface area contributed by atoms with Gasteiger partial charge in [-0.3, -0.25) is 9.59 Å². The molecule has 1 aliphatic heterocycles. The number of benzene rings is 3. The topological polar surface area (TPSA) is 126 Å². The van der Waals surface area contributed by atoms with Crippen LogP contribution in [-0.2, 0) is 30.8 Å². The minimum atomic E-state index is -3.93. The lowest BCUT2D eigenvalue weighted by molar-refractivity contribution is -0.123. The van der Waals surface area contributed by atoms with Crippen LogP contribution in [0.2, 0.25) is 0 Å². The summed E-state index contributed by atoms with van der Waals surface area (Å²) in [6, 6.07) is 22.6. The van der Waals surface area contributed by atoms with Crippen LogP contribution in [0.4, 0.5) is 0 Å². The molecular weight excluding hydrogens is 624 g/mol. The average molecular weight is 658 g/mol. The molecule has 0 aromatic heterocycles. The Morgan fingerprint density at radius 2 is 1.76 bits per heavy atom. The zero-order valence-electron chi connectivity index (χ0n) is 22.9. The first-order chi connectivity index (χ1) is 20.3. The molecule has 1 fully saturated rings. The molecule has 222 valence electrons. The first-order valence-electron chi connectivity index (χ1n) is 13.5. The van der Waals surface area contributed by atoms with Gasteiger partial charge in [-0.15, -0.1) is 0 Å². The van der Waals surface area contributed by atoms with Crippen LogP contribution < -0.4 is 15.5 Å². The van der Waals surface area contributed by atoms with E-state index in [4.69, 9.17) is 9.47 Å². The van der Waals surface area contributed by atoms with E-state index >= 15 is 0 Å². The number of nitrogens with one attached hydrogen (secondary N) is 2. The second-order valence-corrected chi connectivity index (χ2v) is 12.5. The fourth-order valence-corrected chi connectivity index (χ4v) is 5.86. The van der Waals surface area contributed by atoms with E-state index in [1.54, 1.807) is 36.4 Å². The van der Waals surface area contributed by atoms with Crippen LogP contribution in [0, 0.1) is 0 Å². The molecule has 1 saturated heterocycles. The molecule has 0 aliphatic carbocycles. The average Bonchev–Trinajstić information content (AvgIpc) is 3.52. The van der Waals surface area contributed by atoms with Gasteiger partial charge in [0.2, 0.25) is 10.0 Å². The quantitative estimate of drug-likeness (QED) is 0.202. The number of ether oxygens (including phenoxy) is 2. The van der Waals surface area contributed by atoms with Gasteiger partial charge in [0.25, 0.3) is 11.8 Å². The highest BCUT2D eigenvalue weighted by molar-refractivity contribution is 9.10. The van der Waals surface area contributed by atoms with Crippen molar-refractivity contribution in [1.82, 2.24) is 15.0 Å². The number of hydrogen-bond acceptors (Lipinski definition) is 7. The number of hydrogen-bond donors (Lipinski definition) is 2. The van der Waals surface area contributed by atoms with Crippen LogP contribution in [0.1, 0.15) is 24.0 Å². The molecule has 12 heteroatoms. The summed E-state index contributed by atoms with van der Waals surface area (Å²) >= 11 is 3.32. The fourth-order valence-electron chi connectivity index (χ4n) is 4.20. The standard InChI is InChI=1S/C30H33BrN4O6S/c31-25-10-14-28(15-11-25)42(38,39)35(17-16-23-5-2-1-3-6-23)21-29(36)34-33-19-24-8-12-26(13-9-24)41-22-30(37)32-20-27-7-4-18-40-27/h1-3,5-6,8-15,19,27H,4,7,16-18,20-22H2,(H,32,37)(H,34,36)/b33-19+/t27-/m1/s1. The van der Waals surface area contributed by atoms with E-state index in [2.05, 4.69) is 31.8 Å². The van der Waals surface area contributed by atoms with E-state index in [-0.39, 0.29) is 30.1 Å². The number of sulfonamides is 1. The van der Waals surface area contributed by atoms with Crippen molar-refractivity contribution >= 4 is 44.0 Å². The van der Waals surface area contributed by atoms with Crippen molar-refractivity contribution in [3.63, 3.8) is 0 Å². The maximum atomic E-state index is 13.4. The molecule has 1 heterocycles. The Bertz CT molecular complexity index is 1450. The Morgan fingerprint density at radius 3 is 2.45 bits per heavy atom. The molecule has 0 radical (unpaired) electrons. The van der Waals surface area contributed by atoms with Crippen molar-refractivity contribution in [3.8, 4) is 5.75 Å². The third-order valence-electron chi connectivity index (χ3n) is 6.47. The highest BCUT2D eigenvalue weighted by Gasteiger charge is 2.26. The van der Waals surface area contributed by atoms with Crippen LogP contribution in [0.5, 0.6) is 5.75 Å². The van der Waals surface area contributed by atoms with Gasteiger partial charge in [0.15, 0.2) is 6.61 Å². The number of carbonyl (C=O) groups is 2. The van der Waals surface area contributed by atoms with Gasteiger partial charge in [-0.2, -0.15) is 9.41 Å². The summed E-state index contributed by atoms with van der Waals surface area (Å²) in [5.41, 5.74) is 4.04. The number of carbonyl (C=O) groups excluding carboxylic acids is 2. The minimum Gasteiger partial charge on any atom is -0.484 e. The SMILES string of the molecule is O=C(COc1ccc(/C=N/NC(=O)CN(CCc2ccccc2)S(=O)(=O)c2ccc(Br)cc2)cc1)NC[C@H]1CCCO1. The van der Waals surface area contributed by atoms with Crippen LogP contribution in [0.15, 0.2) is 93.3 Å². The second kappa shape index (κ2) is 15.6. The van der Waals surface area contributed by atoms with E-state index in [0.29, 0.717) is 24.3 Å². The normalized spacial score (nSPS) is 15.1. The van der Waals surface area contributed by atoms with Crippen molar-refractivity contribution in [2.45, 2.75) is 30.3 Å². The van der Waals surface area contributed by atoms with Gasteiger partial charge in [0, 0.05) is 24.2 Å². The molecule has 42 heavy (non-hydrogen) atoms. The summed E-state index contributed by atoms with van der Waals surface area (Å²) in [5, 5.41) is 6.78. The maximum Gasteiger partial charge on any atom is 0.258 e. The summed E-state index contributed by atoms with van der Waals surface area (Å²) in [6.45, 7) is 0.820. The van der Waals surface area contributed by atoms with Gasteiger partial charge >= 0.3 is 0 Å². The Labute approximate surface area is 254 Å².